The number of aliphatic imine (C=N–C) groups is 1. The van der Waals surface area contributed by atoms with Gasteiger partial charge in [0.2, 0.25) is 5.27 Å². The SMILES string of the molecule is CC(OC(=O)C(C)(C)C)OC([O-])=Nc1c[n+](N2CCOCC2)no1. The molecule has 134 valence electrons. The molecule has 1 aromatic heterocycles. The fraction of sp³-hybridized carbons (Fsp3) is 0.714. The first-order chi connectivity index (χ1) is 11.3. The normalized spacial score (nSPS) is 17.5. The van der Waals surface area contributed by atoms with E-state index in [0.717, 1.165) is 0 Å². The van der Waals surface area contributed by atoms with Crippen molar-refractivity contribution >= 4 is 17.9 Å². The molecule has 0 N–H and O–H groups in total. The number of hydrogen-bond donors (Lipinski definition) is 0. The zero-order chi connectivity index (χ0) is 17.7. The molecule has 1 unspecified atom stereocenters. The van der Waals surface area contributed by atoms with E-state index in [9.17, 15) is 9.90 Å². The van der Waals surface area contributed by atoms with Gasteiger partial charge >= 0.3 is 11.9 Å². The molecule has 2 rings (SSSR count). The van der Waals surface area contributed by atoms with Crippen molar-refractivity contribution in [1.82, 2.24) is 5.27 Å². The van der Waals surface area contributed by atoms with Crippen molar-refractivity contribution in [2.24, 2.45) is 10.4 Å². The molecule has 0 bridgehead atoms. The Kier molecular flexibility index (Phi) is 5.60. The van der Waals surface area contributed by atoms with Gasteiger partial charge in [0.1, 0.15) is 0 Å². The topological polar surface area (TPSA) is 113 Å². The molecule has 0 radical (unpaired) electrons. The molecule has 10 nitrogen and oxygen atoms in total. The molecule has 2 heterocycles. The fourth-order valence-electron chi connectivity index (χ4n) is 1.78. The van der Waals surface area contributed by atoms with E-state index in [1.54, 1.807) is 20.8 Å². The lowest BCUT2D eigenvalue weighted by Gasteiger charge is -2.25. The zero-order valence-electron chi connectivity index (χ0n) is 14.2. The van der Waals surface area contributed by atoms with Crippen molar-refractivity contribution < 1.29 is 33.4 Å². The van der Waals surface area contributed by atoms with Crippen LogP contribution >= 0.6 is 0 Å². The lowest BCUT2D eigenvalue weighted by atomic mass is 9.97. The van der Waals surface area contributed by atoms with E-state index in [-0.39, 0.29) is 5.88 Å². The maximum absolute atomic E-state index is 11.7. The molecule has 1 aliphatic heterocycles. The van der Waals surface area contributed by atoms with Crippen molar-refractivity contribution in [3.63, 3.8) is 0 Å². The second kappa shape index (κ2) is 7.47. The smallest absolute Gasteiger partial charge is 0.326 e. The number of esters is 1. The van der Waals surface area contributed by atoms with Crippen molar-refractivity contribution in [2.75, 3.05) is 31.3 Å². The Hall–Kier alpha value is -2.36. The summed E-state index contributed by atoms with van der Waals surface area (Å²) in [6.45, 7) is 9.02. The summed E-state index contributed by atoms with van der Waals surface area (Å²) in [7, 11) is 0. The van der Waals surface area contributed by atoms with Crippen LogP contribution in [0.3, 0.4) is 0 Å². The van der Waals surface area contributed by atoms with E-state index in [1.807, 2.05) is 5.01 Å². The van der Waals surface area contributed by atoms with Crippen molar-refractivity contribution in [2.45, 2.75) is 34.0 Å². The predicted molar refractivity (Wildman–Crippen MR) is 78.7 cm³/mol. The van der Waals surface area contributed by atoms with Gasteiger partial charge in [-0.15, -0.1) is 5.01 Å². The number of carbonyl (C=O) groups excluding carboxylic acids is 1. The van der Waals surface area contributed by atoms with Crippen LogP contribution in [0.1, 0.15) is 27.7 Å². The van der Waals surface area contributed by atoms with Gasteiger partial charge < -0.3 is 19.3 Å². The molecule has 1 aromatic rings. The highest BCUT2D eigenvalue weighted by Crippen LogP contribution is 2.16. The Morgan fingerprint density at radius 3 is 2.71 bits per heavy atom. The first-order valence-corrected chi connectivity index (χ1v) is 7.61. The maximum atomic E-state index is 11.7. The number of ether oxygens (including phenoxy) is 3. The predicted octanol–water partition coefficient (Wildman–Crippen LogP) is -0.770. The van der Waals surface area contributed by atoms with Crippen molar-refractivity contribution in [3.8, 4) is 0 Å². The van der Waals surface area contributed by atoms with E-state index >= 15 is 0 Å². The Morgan fingerprint density at radius 1 is 1.42 bits per heavy atom. The summed E-state index contributed by atoms with van der Waals surface area (Å²) in [6, 6.07) is 0. The first kappa shape index (κ1) is 18.0. The minimum absolute atomic E-state index is 0.0131. The summed E-state index contributed by atoms with van der Waals surface area (Å²) in [5.74, 6) is -0.492. The van der Waals surface area contributed by atoms with Gasteiger partial charge in [0.15, 0.2) is 12.4 Å². The number of nitrogens with zero attached hydrogens (tertiary/aromatic N) is 4. The molecule has 0 saturated carbocycles. The molecule has 0 aromatic carbocycles. The average molecular weight is 342 g/mol. The quantitative estimate of drug-likeness (QED) is 0.230. The Labute approximate surface area is 139 Å². The highest BCUT2D eigenvalue weighted by Gasteiger charge is 2.25. The molecule has 0 amide bonds. The van der Waals surface area contributed by atoms with Gasteiger partial charge in [-0.2, -0.15) is 4.99 Å². The van der Waals surface area contributed by atoms with E-state index in [0.29, 0.717) is 26.3 Å². The summed E-state index contributed by atoms with van der Waals surface area (Å²) in [5, 5.41) is 17.4. The summed E-state index contributed by atoms with van der Waals surface area (Å²) in [4.78, 5) is 16.8. The Balaban J connectivity index is 1.91. The number of carbonyl (C=O) groups is 1. The Bertz CT molecular complexity index is 588. The molecule has 0 spiro atoms. The molecule has 24 heavy (non-hydrogen) atoms. The summed E-state index contributed by atoms with van der Waals surface area (Å²) >= 11 is 0. The van der Waals surface area contributed by atoms with Gasteiger partial charge in [-0.1, -0.05) is 0 Å². The maximum Gasteiger partial charge on any atom is 0.326 e. The number of rotatable bonds is 4. The van der Waals surface area contributed by atoms with Crippen LogP contribution in [0.15, 0.2) is 15.7 Å². The minimum Gasteiger partial charge on any atom is -0.563 e. The molecule has 0 aliphatic carbocycles. The molecule has 1 aliphatic rings. The third kappa shape index (κ3) is 5.08. The highest BCUT2D eigenvalue weighted by atomic mass is 16.7. The van der Waals surface area contributed by atoms with Gasteiger partial charge in [0, 0.05) is 0 Å². The minimum atomic E-state index is -1.05. The van der Waals surface area contributed by atoms with Crippen molar-refractivity contribution in [3.05, 3.63) is 6.20 Å². The number of hydrogen-bond acceptors (Lipinski definition) is 9. The average Bonchev–Trinajstić information content (AvgIpc) is 2.95. The van der Waals surface area contributed by atoms with Crippen LogP contribution in [-0.2, 0) is 19.0 Å². The van der Waals surface area contributed by atoms with Gasteiger partial charge in [-0.25, -0.2) is 0 Å². The molecular weight excluding hydrogens is 320 g/mol. The molecule has 1 atom stereocenters. The monoisotopic (exact) mass is 342 g/mol. The molecule has 1 fully saturated rings. The van der Waals surface area contributed by atoms with Gasteiger partial charge in [-0.3, -0.25) is 9.32 Å². The van der Waals surface area contributed by atoms with Crippen molar-refractivity contribution in [1.29, 1.82) is 0 Å². The van der Waals surface area contributed by atoms with E-state index in [1.165, 1.54) is 17.9 Å². The van der Waals surface area contributed by atoms with Crippen LogP contribution in [0.4, 0.5) is 5.88 Å². The van der Waals surface area contributed by atoms with E-state index in [4.69, 9.17) is 18.7 Å². The first-order valence-electron chi connectivity index (χ1n) is 7.61. The zero-order valence-corrected chi connectivity index (χ0v) is 14.2. The second-order valence-electron chi connectivity index (χ2n) is 6.25. The summed E-state index contributed by atoms with van der Waals surface area (Å²) in [5.41, 5.74) is -0.688. The highest BCUT2D eigenvalue weighted by molar-refractivity contribution is 5.75. The van der Waals surface area contributed by atoms with Gasteiger partial charge in [0.05, 0.1) is 36.5 Å². The Morgan fingerprint density at radius 2 is 2.08 bits per heavy atom. The second-order valence-corrected chi connectivity index (χ2v) is 6.25. The van der Waals surface area contributed by atoms with Gasteiger partial charge in [-0.05, 0) is 27.7 Å². The van der Waals surface area contributed by atoms with E-state index < -0.39 is 23.8 Å². The standard InChI is InChI=1S/C14H22N4O6/c1-10(22-12(19)14(2,3)4)23-13(20)15-11-9-18(16-24-11)17-5-7-21-8-6-17/h9-10H,5-8H2,1-4H3. The number of aromatic nitrogens is 2. The third-order valence-corrected chi connectivity index (χ3v) is 3.07. The molecule has 1 saturated heterocycles. The van der Waals surface area contributed by atoms with Crippen LogP contribution in [0, 0.1) is 5.41 Å². The van der Waals surface area contributed by atoms with Crippen LogP contribution < -0.4 is 14.9 Å². The number of morpholine rings is 1. The van der Waals surface area contributed by atoms with Gasteiger partial charge in [0.25, 0.3) is 6.20 Å². The van der Waals surface area contributed by atoms with Crippen LogP contribution in [0.5, 0.6) is 0 Å². The fourth-order valence-corrected chi connectivity index (χ4v) is 1.78. The van der Waals surface area contributed by atoms with E-state index in [2.05, 4.69) is 10.3 Å². The molecular formula is C14H22N4O6. The van der Waals surface area contributed by atoms with Crippen LogP contribution in [-0.4, -0.2) is 49.9 Å². The lowest BCUT2D eigenvalue weighted by Crippen LogP contribution is -2.62. The van der Waals surface area contributed by atoms with Crippen LogP contribution in [0.25, 0.3) is 0 Å². The molecule has 10 heteroatoms. The third-order valence-electron chi connectivity index (χ3n) is 3.07. The summed E-state index contributed by atoms with van der Waals surface area (Å²) in [6.07, 6.45) is -0.532. The summed E-state index contributed by atoms with van der Waals surface area (Å²) < 4.78 is 20.1. The largest absolute Gasteiger partial charge is 0.563 e. The lowest BCUT2D eigenvalue weighted by molar-refractivity contribution is -0.759. The van der Waals surface area contributed by atoms with Crippen LogP contribution in [0.2, 0.25) is 0 Å².